The van der Waals surface area contributed by atoms with Gasteiger partial charge in [-0.15, -0.1) is 0 Å². The van der Waals surface area contributed by atoms with Crippen molar-refractivity contribution in [2.45, 2.75) is 0 Å². The quantitative estimate of drug-likeness (QED) is 0.790. The van der Waals surface area contributed by atoms with Gasteiger partial charge >= 0.3 is 0 Å². The normalized spacial score (nSPS) is 10.6. The van der Waals surface area contributed by atoms with E-state index in [0.717, 1.165) is 19.8 Å². The zero-order chi connectivity index (χ0) is 13.0. The van der Waals surface area contributed by atoms with Crippen molar-refractivity contribution in [3.8, 4) is 11.5 Å². The number of nitrogens with zero attached hydrogens (tertiary/aromatic N) is 3. The maximum atomic E-state index is 4.96. The van der Waals surface area contributed by atoms with Crippen LogP contribution in [0.3, 0.4) is 0 Å². The lowest BCUT2D eigenvalue weighted by Crippen LogP contribution is -2.07. The highest BCUT2D eigenvalue weighted by molar-refractivity contribution is 9.11. The van der Waals surface area contributed by atoms with Crippen molar-refractivity contribution >= 4 is 48.5 Å². The average molecular weight is 394 g/mol. The molecule has 2 rings (SSSR count). The van der Waals surface area contributed by atoms with Crippen LogP contribution in [0.25, 0.3) is 11.5 Å². The molecule has 0 aliphatic carbocycles. The molecular formula is C10H10Br2N4OS. The highest BCUT2D eigenvalue weighted by atomic mass is 79.9. The molecule has 2 aromatic heterocycles. The minimum atomic E-state index is 0.610. The highest BCUT2D eigenvalue weighted by Crippen LogP contribution is 2.28. The van der Waals surface area contributed by atoms with Gasteiger partial charge in [-0.25, -0.2) is 0 Å². The fourth-order valence-electron chi connectivity index (χ4n) is 1.23. The maximum absolute atomic E-state index is 4.96. The Morgan fingerprint density at radius 2 is 2.28 bits per heavy atom. The van der Waals surface area contributed by atoms with E-state index in [2.05, 4.69) is 51.5 Å². The minimum absolute atomic E-state index is 0.610. The van der Waals surface area contributed by atoms with Gasteiger partial charge in [0.1, 0.15) is 5.69 Å². The predicted molar refractivity (Wildman–Crippen MR) is 78.9 cm³/mol. The van der Waals surface area contributed by atoms with Crippen LogP contribution in [0.2, 0.25) is 0 Å². The third-order valence-corrected chi connectivity index (χ3v) is 3.74. The van der Waals surface area contributed by atoms with Crippen molar-refractivity contribution < 1.29 is 4.74 Å². The number of halogens is 2. The number of rotatable bonds is 5. The molecule has 2 heterocycles. The molecule has 8 heteroatoms. The van der Waals surface area contributed by atoms with Gasteiger partial charge in [0.2, 0.25) is 5.13 Å². The molecule has 0 saturated heterocycles. The summed E-state index contributed by atoms with van der Waals surface area (Å²) in [5.74, 6) is 0.610. The summed E-state index contributed by atoms with van der Waals surface area (Å²) in [5.41, 5.74) is 0.731. The van der Waals surface area contributed by atoms with Gasteiger partial charge in [-0.3, -0.25) is 4.98 Å². The fourth-order valence-corrected chi connectivity index (χ4v) is 2.99. The van der Waals surface area contributed by atoms with Gasteiger partial charge in [0, 0.05) is 40.3 Å². The van der Waals surface area contributed by atoms with Crippen LogP contribution in [0.1, 0.15) is 0 Å². The molecule has 0 saturated carbocycles. The molecule has 0 fully saturated rings. The molecule has 1 N–H and O–H groups in total. The van der Waals surface area contributed by atoms with Crippen molar-refractivity contribution in [1.29, 1.82) is 0 Å². The van der Waals surface area contributed by atoms with Gasteiger partial charge in [0.05, 0.1) is 6.61 Å². The average Bonchev–Trinajstić information content (AvgIpc) is 2.78. The molecule has 0 radical (unpaired) electrons. The number of anilines is 1. The maximum Gasteiger partial charge on any atom is 0.203 e. The van der Waals surface area contributed by atoms with Crippen LogP contribution in [0.5, 0.6) is 0 Å². The third-order valence-electron chi connectivity index (χ3n) is 2.03. The van der Waals surface area contributed by atoms with E-state index in [0.29, 0.717) is 19.0 Å². The van der Waals surface area contributed by atoms with Crippen LogP contribution in [0.4, 0.5) is 5.13 Å². The first-order valence-electron chi connectivity index (χ1n) is 5.08. The van der Waals surface area contributed by atoms with Gasteiger partial charge in [0.15, 0.2) is 5.82 Å². The Bertz CT molecular complexity index is 534. The molecule has 0 amide bonds. The summed E-state index contributed by atoms with van der Waals surface area (Å²) in [6.45, 7) is 1.34. The number of hydrogen-bond acceptors (Lipinski definition) is 6. The Hall–Kier alpha value is -0.570. The second kappa shape index (κ2) is 6.55. The number of nitrogens with one attached hydrogen (secondary N) is 1. The first-order chi connectivity index (χ1) is 8.70. The summed E-state index contributed by atoms with van der Waals surface area (Å²) in [7, 11) is 1.66. The van der Waals surface area contributed by atoms with Crippen molar-refractivity contribution in [3.63, 3.8) is 0 Å². The largest absolute Gasteiger partial charge is 0.383 e. The van der Waals surface area contributed by atoms with Gasteiger partial charge in [0.25, 0.3) is 0 Å². The van der Waals surface area contributed by atoms with Crippen LogP contribution in [-0.4, -0.2) is 34.6 Å². The summed E-state index contributed by atoms with van der Waals surface area (Å²) in [6.07, 6.45) is 1.72. The number of pyridine rings is 1. The van der Waals surface area contributed by atoms with E-state index in [1.165, 1.54) is 11.5 Å². The summed E-state index contributed by atoms with van der Waals surface area (Å²) in [5, 5.41) is 3.90. The Morgan fingerprint density at radius 1 is 1.44 bits per heavy atom. The fraction of sp³-hybridized carbons (Fsp3) is 0.300. The first-order valence-corrected chi connectivity index (χ1v) is 7.44. The van der Waals surface area contributed by atoms with E-state index in [1.807, 2.05) is 6.07 Å². The van der Waals surface area contributed by atoms with E-state index in [4.69, 9.17) is 4.74 Å². The summed E-state index contributed by atoms with van der Waals surface area (Å²) < 4.78 is 11.0. The summed E-state index contributed by atoms with van der Waals surface area (Å²) >= 11 is 8.12. The van der Waals surface area contributed by atoms with Gasteiger partial charge < -0.3 is 10.1 Å². The van der Waals surface area contributed by atoms with Crippen LogP contribution >= 0.6 is 43.4 Å². The lowest BCUT2D eigenvalue weighted by atomic mass is 10.3. The molecule has 0 unspecified atom stereocenters. The van der Waals surface area contributed by atoms with Crippen molar-refractivity contribution in [1.82, 2.24) is 14.3 Å². The lowest BCUT2D eigenvalue weighted by Gasteiger charge is -2.00. The minimum Gasteiger partial charge on any atom is -0.383 e. The topological polar surface area (TPSA) is 59.9 Å². The van der Waals surface area contributed by atoms with Crippen molar-refractivity contribution in [2.75, 3.05) is 25.6 Å². The molecule has 18 heavy (non-hydrogen) atoms. The Morgan fingerprint density at radius 3 is 3.00 bits per heavy atom. The first kappa shape index (κ1) is 13.9. The number of ether oxygens (including phenoxy) is 1. The predicted octanol–water partition coefficient (Wildman–Crippen LogP) is 3.18. The molecule has 0 aliphatic rings. The second-order valence-electron chi connectivity index (χ2n) is 3.33. The lowest BCUT2D eigenvalue weighted by molar-refractivity contribution is 0.211. The molecule has 0 aliphatic heterocycles. The van der Waals surface area contributed by atoms with E-state index in [9.17, 15) is 0 Å². The Kier molecular flexibility index (Phi) is 5.04. The van der Waals surface area contributed by atoms with E-state index < -0.39 is 0 Å². The summed E-state index contributed by atoms with van der Waals surface area (Å²) in [4.78, 5) is 8.67. The van der Waals surface area contributed by atoms with Crippen molar-refractivity contribution in [2.24, 2.45) is 0 Å². The van der Waals surface area contributed by atoms with Crippen molar-refractivity contribution in [3.05, 3.63) is 21.2 Å². The Balaban J connectivity index is 2.13. The second-order valence-corrected chi connectivity index (χ2v) is 5.85. The van der Waals surface area contributed by atoms with E-state index in [1.54, 1.807) is 13.3 Å². The van der Waals surface area contributed by atoms with Crippen LogP contribution < -0.4 is 5.32 Å². The van der Waals surface area contributed by atoms with E-state index in [-0.39, 0.29) is 0 Å². The summed E-state index contributed by atoms with van der Waals surface area (Å²) in [6, 6.07) is 1.92. The molecule has 2 aromatic rings. The molecule has 0 atom stereocenters. The molecule has 96 valence electrons. The SMILES string of the molecule is COCCNc1nc(-c2ncc(Br)cc2Br)ns1. The number of methoxy groups -OCH3 is 1. The third kappa shape index (κ3) is 3.47. The smallest absolute Gasteiger partial charge is 0.203 e. The van der Waals surface area contributed by atoms with Gasteiger partial charge in [-0.05, 0) is 37.9 Å². The Labute approximate surface area is 125 Å². The molecule has 0 bridgehead atoms. The van der Waals surface area contributed by atoms with Crippen LogP contribution in [0.15, 0.2) is 21.2 Å². The van der Waals surface area contributed by atoms with Crippen LogP contribution in [0, 0.1) is 0 Å². The number of hydrogen-bond donors (Lipinski definition) is 1. The van der Waals surface area contributed by atoms with Gasteiger partial charge in [-0.1, -0.05) is 0 Å². The molecule has 5 nitrogen and oxygen atoms in total. The number of aromatic nitrogens is 3. The zero-order valence-electron chi connectivity index (χ0n) is 9.48. The van der Waals surface area contributed by atoms with Gasteiger partial charge in [-0.2, -0.15) is 9.36 Å². The highest BCUT2D eigenvalue weighted by Gasteiger charge is 2.11. The van der Waals surface area contributed by atoms with E-state index >= 15 is 0 Å². The molecule has 0 aromatic carbocycles. The monoisotopic (exact) mass is 392 g/mol. The van der Waals surface area contributed by atoms with Crippen LogP contribution in [-0.2, 0) is 4.74 Å². The molecule has 0 spiro atoms. The molecular weight excluding hydrogens is 384 g/mol. The standard InChI is InChI=1S/C10H10Br2N4OS/c1-17-3-2-13-10-15-9(16-18-10)8-7(12)4-6(11)5-14-8/h4-5H,2-3H2,1H3,(H,13,15,16). The zero-order valence-corrected chi connectivity index (χ0v) is 13.5.